The summed E-state index contributed by atoms with van der Waals surface area (Å²) in [6, 6.07) is 7.62. The lowest BCUT2D eigenvalue weighted by molar-refractivity contribution is -0.537. The number of ether oxygens (including phenoxy) is 1. The monoisotopic (exact) mass is 277 g/mol. The van der Waals surface area contributed by atoms with Crippen molar-refractivity contribution in [2.75, 3.05) is 6.61 Å². The molecule has 3 nitrogen and oxygen atoms in total. The van der Waals surface area contributed by atoms with Crippen LogP contribution in [0.15, 0.2) is 24.3 Å². The molecule has 1 rings (SSSR count). The van der Waals surface area contributed by atoms with Gasteiger partial charge >= 0.3 is 0 Å². The Morgan fingerprint density at radius 2 is 1.80 bits per heavy atom. The molecule has 0 bridgehead atoms. The quantitative estimate of drug-likeness (QED) is 0.232. The Hall–Kier alpha value is -1.51. The van der Waals surface area contributed by atoms with Crippen LogP contribution in [0.2, 0.25) is 0 Å². The number of benzene rings is 1. The summed E-state index contributed by atoms with van der Waals surface area (Å²) in [4.78, 5) is 0. The van der Waals surface area contributed by atoms with Crippen LogP contribution in [0.1, 0.15) is 58.9 Å². The van der Waals surface area contributed by atoms with Gasteiger partial charge in [0.05, 0.1) is 6.61 Å². The van der Waals surface area contributed by atoms with E-state index >= 15 is 0 Å². The Morgan fingerprint density at radius 1 is 1.15 bits per heavy atom. The molecule has 0 saturated carbocycles. The van der Waals surface area contributed by atoms with Crippen molar-refractivity contribution in [1.29, 1.82) is 0 Å². The van der Waals surface area contributed by atoms with Crippen LogP contribution >= 0.6 is 0 Å². The molecule has 0 aliphatic carbocycles. The van der Waals surface area contributed by atoms with Gasteiger partial charge in [0.1, 0.15) is 5.75 Å². The molecule has 0 N–H and O–H groups in total. The number of hydrogen-bond donors (Lipinski definition) is 0. The number of unbranched alkanes of at least 4 members (excludes halogenated alkanes) is 2. The fraction of sp³-hybridized carbons (Fsp3) is 0.588. The molecule has 20 heavy (non-hydrogen) atoms. The van der Waals surface area contributed by atoms with Gasteiger partial charge in [-0.3, -0.25) is 0 Å². The van der Waals surface area contributed by atoms with Crippen molar-refractivity contribution in [1.82, 2.24) is 0 Å². The molecule has 1 aromatic rings. The van der Waals surface area contributed by atoms with Gasteiger partial charge in [-0.05, 0) is 37.6 Å². The third kappa shape index (κ3) is 5.24. The maximum Gasteiger partial charge on any atom is 0.182 e. The van der Waals surface area contributed by atoms with Crippen LogP contribution in [0.5, 0.6) is 5.75 Å². The fourth-order valence-corrected chi connectivity index (χ4v) is 2.04. The van der Waals surface area contributed by atoms with E-state index < -0.39 is 0 Å². The minimum Gasteiger partial charge on any atom is -0.623 e. The minimum absolute atomic E-state index is 0.353. The van der Waals surface area contributed by atoms with Gasteiger partial charge in [0.25, 0.3) is 0 Å². The molecular weight excluding hydrogens is 250 g/mol. The zero-order chi connectivity index (χ0) is 15.0. The van der Waals surface area contributed by atoms with Crippen molar-refractivity contribution >= 4 is 6.21 Å². The van der Waals surface area contributed by atoms with Crippen molar-refractivity contribution in [2.24, 2.45) is 0 Å². The van der Waals surface area contributed by atoms with Gasteiger partial charge in [-0.15, -0.1) is 0 Å². The zero-order valence-corrected chi connectivity index (χ0v) is 13.2. The van der Waals surface area contributed by atoms with Crippen molar-refractivity contribution in [2.45, 2.75) is 58.9 Å². The summed E-state index contributed by atoms with van der Waals surface area (Å²) in [5.74, 6) is 0.837. The summed E-state index contributed by atoms with van der Waals surface area (Å²) >= 11 is 0. The standard InChI is InChI=1S/C17H27NO2/c1-5-7-8-13-17(3,4)18(19)14-15-9-11-16(12-10-15)20-6-2/h9-12,14H,5-8,13H2,1-4H3. The van der Waals surface area contributed by atoms with Gasteiger partial charge in [0.2, 0.25) is 0 Å². The summed E-state index contributed by atoms with van der Waals surface area (Å²) in [7, 11) is 0. The highest BCUT2D eigenvalue weighted by atomic mass is 16.5. The lowest BCUT2D eigenvalue weighted by Crippen LogP contribution is -2.33. The van der Waals surface area contributed by atoms with E-state index in [9.17, 15) is 5.21 Å². The van der Waals surface area contributed by atoms with Gasteiger partial charge in [-0.1, -0.05) is 19.8 Å². The van der Waals surface area contributed by atoms with Crippen LogP contribution in [0.3, 0.4) is 0 Å². The Balaban J connectivity index is 2.71. The van der Waals surface area contributed by atoms with Gasteiger partial charge in [-0.25, -0.2) is 4.74 Å². The van der Waals surface area contributed by atoms with Crippen molar-refractivity contribution in [3.8, 4) is 5.75 Å². The first-order valence-electron chi connectivity index (χ1n) is 7.53. The summed E-state index contributed by atoms with van der Waals surface area (Å²) in [6.07, 6.45) is 6.04. The number of hydroxylamine groups is 1. The molecule has 0 aliphatic rings. The molecule has 0 unspecified atom stereocenters. The maximum atomic E-state index is 12.3. The van der Waals surface area contributed by atoms with Crippen LogP contribution < -0.4 is 4.74 Å². The SMILES string of the molecule is CCCCCC(C)(C)[N+]([O-])=Cc1ccc(OCC)cc1. The highest BCUT2D eigenvalue weighted by Gasteiger charge is 2.25. The number of rotatable bonds is 8. The minimum atomic E-state index is -0.353. The van der Waals surface area contributed by atoms with E-state index in [4.69, 9.17) is 4.74 Å². The summed E-state index contributed by atoms with van der Waals surface area (Å²) in [6.45, 7) is 8.79. The van der Waals surface area contributed by atoms with E-state index in [0.29, 0.717) is 6.61 Å². The highest BCUT2D eigenvalue weighted by Crippen LogP contribution is 2.18. The Labute approximate surface area is 122 Å². The second kappa shape index (κ2) is 7.93. The molecule has 0 heterocycles. The smallest absolute Gasteiger partial charge is 0.182 e. The number of nitrogens with zero attached hydrogens (tertiary/aromatic N) is 1. The molecule has 0 amide bonds. The normalized spacial score (nSPS) is 12.5. The molecule has 0 saturated heterocycles. The second-order valence-electron chi connectivity index (χ2n) is 5.73. The summed E-state index contributed by atoms with van der Waals surface area (Å²) in [5.41, 5.74) is 0.556. The topological polar surface area (TPSA) is 35.3 Å². The molecule has 112 valence electrons. The zero-order valence-electron chi connectivity index (χ0n) is 13.2. The maximum absolute atomic E-state index is 12.3. The summed E-state index contributed by atoms with van der Waals surface area (Å²) < 4.78 is 6.47. The van der Waals surface area contributed by atoms with E-state index in [1.807, 2.05) is 45.0 Å². The van der Waals surface area contributed by atoms with Crippen molar-refractivity contribution < 1.29 is 9.48 Å². The van der Waals surface area contributed by atoms with Crippen LogP contribution in [0, 0.1) is 5.21 Å². The first kappa shape index (κ1) is 16.5. The molecule has 0 aliphatic heterocycles. The van der Waals surface area contributed by atoms with Crippen LogP contribution in [-0.4, -0.2) is 23.1 Å². The van der Waals surface area contributed by atoms with E-state index in [2.05, 4.69) is 6.92 Å². The second-order valence-corrected chi connectivity index (χ2v) is 5.73. The van der Waals surface area contributed by atoms with E-state index in [1.165, 1.54) is 12.8 Å². The lowest BCUT2D eigenvalue weighted by atomic mass is 9.97. The van der Waals surface area contributed by atoms with Gasteiger partial charge < -0.3 is 9.94 Å². The predicted molar refractivity (Wildman–Crippen MR) is 84.6 cm³/mol. The van der Waals surface area contributed by atoms with Gasteiger partial charge in [-0.2, -0.15) is 0 Å². The van der Waals surface area contributed by atoms with E-state index in [0.717, 1.165) is 28.9 Å². The van der Waals surface area contributed by atoms with Gasteiger partial charge in [0, 0.05) is 25.8 Å². The van der Waals surface area contributed by atoms with Gasteiger partial charge in [0.15, 0.2) is 11.8 Å². The molecule has 3 heteroatoms. The highest BCUT2D eigenvalue weighted by molar-refractivity contribution is 5.76. The van der Waals surface area contributed by atoms with Crippen LogP contribution in [0.25, 0.3) is 0 Å². The first-order valence-corrected chi connectivity index (χ1v) is 7.53. The molecule has 0 radical (unpaired) electrons. The molecule has 0 aromatic heterocycles. The third-order valence-electron chi connectivity index (χ3n) is 3.45. The summed E-state index contributed by atoms with van der Waals surface area (Å²) in [5, 5.41) is 12.3. The molecule has 0 fully saturated rings. The Kier molecular flexibility index (Phi) is 6.56. The molecule has 0 spiro atoms. The molecule has 1 aromatic carbocycles. The van der Waals surface area contributed by atoms with Crippen molar-refractivity contribution in [3.63, 3.8) is 0 Å². The Bertz CT molecular complexity index is 421. The lowest BCUT2D eigenvalue weighted by Gasteiger charge is -2.24. The molecular formula is C17H27NO2. The Morgan fingerprint density at radius 3 is 2.35 bits per heavy atom. The predicted octanol–water partition coefficient (Wildman–Crippen LogP) is 4.37. The number of hydrogen-bond acceptors (Lipinski definition) is 2. The average Bonchev–Trinajstić information content (AvgIpc) is 2.41. The molecule has 0 atom stereocenters. The largest absolute Gasteiger partial charge is 0.623 e. The van der Waals surface area contributed by atoms with Crippen LogP contribution in [0.4, 0.5) is 0 Å². The van der Waals surface area contributed by atoms with E-state index in [-0.39, 0.29) is 5.54 Å². The average molecular weight is 277 g/mol. The van der Waals surface area contributed by atoms with Crippen molar-refractivity contribution in [3.05, 3.63) is 35.0 Å². The van der Waals surface area contributed by atoms with E-state index in [1.54, 1.807) is 6.21 Å². The van der Waals surface area contributed by atoms with Crippen LogP contribution in [-0.2, 0) is 0 Å². The first-order chi connectivity index (χ1) is 9.49. The third-order valence-corrected chi connectivity index (χ3v) is 3.45. The fourth-order valence-electron chi connectivity index (χ4n) is 2.04.